The normalized spacial score (nSPS) is 13.5. The highest BCUT2D eigenvalue weighted by molar-refractivity contribution is 7.47. The van der Waals surface area contributed by atoms with Gasteiger partial charge in [-0.15, -0.1) is 0 Å². The van der Waals surface area contributed by atoms with Crippen LogP contribution in [0.3, 0.4) is 0 Å². The van der Waals surface area contributed by atoms with Crippen LogP contribution in [-0.2, 0) is 32.7 Å². The lowest BCUT2D eigenvalue weighted by Gasteiger charge is -2.19. The first-order valence-electron chi connectivity index (χ1n) is 37.9. The molecule has 0 radical (unpaired) electrons. The van der Waals surface area contributed by atoms with Gasteiger partial charge in [-0.3, -0.25) is 18.6 Å². The Labute approximate surface area is 556 Å². The average molecular weight is 1280 g/mol. The summed E-state index contributed by atoms with van der Waals surface area (Å²) < 4.78 is 33.2. The van der Waals surface area contributed by atoms with Gasteiger partial charge in [0.15, 0.2) is 6.10 Å². The number of ether oxygens (including phenoxy) is 2. The van der Waals surface area contributed by atoms with Gasteiger partial charge in [-0.25, -0.2) is 4.57 Å². The van der Waals surface area contributed by atoms with Gasteiger partial charge < -0.3 is 20.1 Å². The van der Waals surface area contributed by atoms with Crippen molar-refractivity contribution >= 4 is 19.8 Å². The molecule has 0 saturated heterocycles. The van der Waals surface area contributed by atoms with E-state index in [1.807, 2.05) is 0 Å². The molecule has 10 heteroatoms. The van der Waals surface area contributed by atoms with E-state index in [1.54, 1.807) is 0 Å². The Morgan fingerprint density at radius 1 is 0.344 bits per heavy atom. The smallest absolute Gasteiger partial charge is 0.462 e. The molecule has 0 aromatic rings. The molecular formula is C80H142NO8P. The molecule has 3 N–H and O–H groups in total. The molecule has 2 unspecified atom stereocenters. The van der Waals surface area contributed by atoms with Gasteiger partial charge in [0, 0.05) is 19.4 Å². The topological polar surface area (TPSA) is 134 Å². The Kier molecular flexibility index (Phi) is 71.9. The number of esters is 2. The number of hydrogen-bond acceptors (Lipinski definition) is 8. The summed E-state index contributed by atoms with van der Waals surface area (Å²) in [4.78, 5) is 35.4. The van der Waals surface area contributed by atoms with E-state index in [4.69, 9.17) is 24.3 Å². The van der Waals surface area contributed by atoms with Crippen molar-refractivity contribution in [3.8, 4) is 0 Å². The molecule has 9 nitrogen and oxygen atoms in total. The van der Waals surface area contributed by atoms with E-state index in [2.05, 4.69) is 123 Å². The second-order valence-corrected chi connectivity index (χ2v) is 26.6. The van der Waals surface area contributed by atoms with E-state index in [0.29, 0.717) is 6.42 Å². The molecule has 2 atom stereocenters. The molecule has 0 heterocycles. The number of phosphoric acid groups is 1. The van der Waals surface area contributed by atoms with Crippen LogP contribution < -0.4 is 5.73 Å². The predicted octanol–water partition coefficient (Wildman–Crippen LogP) is 25.3. The molecule has 0 bridgehead atoms. The summed E-state index contributed by atoms with van der Waals surface area (Å²) in [6.45, 7) is 3.66. The fraction of sp³-hybridized carbons (Fsp3) is 0.750. The van der Waals surface area contributed by atoms with Crippen molar-refractivity contribution in [2.45, 2.75) is 360 Å². The van der Waals surface area contributed by atoms with Crippen molar-refractivity contribution in [3.63, 3.8) is 0 Å². The van der Waals surface area contributed by atoms with Crippen molar-refractivity contribution < 1.29 is 37.6 Å². The monoisotopic (exact) mass is 1280 g/mol. The van der Waals surface area contributed by atoms with E-state index in [1.165, 1.54) is 218 Å². The van der Waals surface area contributed by atoms with E-state index in [-0.39, 0.29) is 38.6 Å². The maximum Gasteiger partial charge on any atom is 0.472 e. The van der Waals surface area contributed by atoms with Crippen LogP contribution in [-0.4, -0.2) is 49.3 Å². The summed E-state index contributed by atoms with van der Waals surface area (Å²) in [7, 11) is -4.40. The van der Waals surface area contributed by atoms with Crippen molar-refractivity contribution in [2.24, 2.45) is 5.73 Å². The molecule has 0 rings (SSSR count). The minimum Gasteiger partial charge on any atom is -0.462 e. The largest absolute Gasteiger partial charge is 0.472 e. The Hall–Kier alpha value is -3.33. The van der Waals surface area contributed by atoms with Gasteiger partial charge in [0.25, 0.3) is 0 Å². The minimum atomic E-state index is -4.40. The maximum atomic E-state index is 12.8. The third kappa shape index (κ3) is 73.7. The fourth-order valence-corrected chi connectivity index (χ4v) is 11.6. The molecule has 0 aliphatic carbocycles. The maximum absolute atomic E-state index is 12.8. The third-order valence-corrected chi connectivity index (χ3v) is 17.4. The van der Waals surface area contributed by atoms with Gasteiger partial charge in [0.05, 0.1) is 13.2 Å². The fourth-order valence-electron chi connectivity index (χ4n) is 10.9. The molecule has 0 fully saturated rings. The standard InChI is InChI=1S/C80H142NO8P/c1-3-5-7-9-11-13-15-17-19-21-23-25-27-29-31-33-35-37-39-41-43-45-47-49-51-53-55-57-59-61-63-65-67-69-71-73-80(83)89-78(77-88-90(84,85)87-75-74-81)76-86-79(82)72-70-68-66-64-62-60-58-56-54-52-50-48-46-44-42-40-38-36-34-32-30-28-26-24-22-20-18-16-14-12-10-8-6-4-2/h5,7,11,13,17,19,23,25,29,31,35,37,41,43,47,49,53,55,78H,3-4,6,8-10,12,14-16,18,20-22,24,26-28,30,32-34,36,38-40,42,44-46,48,50-52,54,56-77,81H2,1-2H3,(H,84,85)/b7-5-,13-11-,19-17-,25-23-,31-29-,37-35-,43-41-,49-47-,55-53-. The Balaban J connectivity index is 3.88. The summed E-state index contributed by atoms with van der Waals surface area (Å²) in [5, 5.41) is 0. The van der Waals surface area contributed by atoms with Gasteiger partial charge in [-0.05, 0) is 83.5 Å². The predicted molar refractivity (Wildman–Crippen MR) is 390 cm³/mol. The van der Waals surface area contributed by atoms with Crippen LogP contribution in [0.1, 0.15) is 354 Å². The van der Waals surface area contributed by atoms with E-state index in [0.717, 1.165) is 103 Å². The molecule has 0 aliphatic rings. The number of hydrogen-bond donors (Lipinski definition) is 2. The molecule has 0 aromatic heterocycles. The highest BCUT2D eigenvalue weighted by Gasteiger charge is 2.26. The summed E-state index contributed by atoms with van der Waals surface area (Å²) >= 11 is 0. The van der Waals surface area contributed by atoms with Crippen molar-refractivity contribution in [2.75, 3.05) is 26.4 Å². The number of phosphoric ester groups is 1. The van der Waals surface area contributed by atoms with Crippen LogP contribution in [0.2, 0.25) is 0 Å². The zero-order valence-electron chi connectivity index (χ0n) is 58.6. The lowest BCUT2D eigenvalue weighted by molar-refractivity contribution is -0.161. The molecule has 0 aromatic carbocycles. The Morgan fingerprint density at radius 2 is 0.611 bits per heavy atom. The SMILES string of the molecule is CC/C=C\C/C=C\C/C=C\C/C=C\C/C=C\C/C=C\C/C=C\C/C=C\C/C=C\CCCCCCCCCC(=O)OC(COC(=O)CCCCCCCCCCCCCCCCCCCCCCCCCCCCCCCCCCCC)COP(=O)(O)OCCN. The number of allylic oxidation sites excluding steroid dienone is 18. The summed E-state index contributed by atoms with van der Waals surface area (Å²) in [6, 6.07) is 0. The van der Waals surface area contributed by atoms with E-state index in [9.17, 15) is 19.0 Å². The molecule has 0 amide bonds. The molecule has 90 heavy (non-hydrogen) atoms. The van der Waals surface area contributed by atoms with Gasteiger partial charge in [-0.1, -0.05) is 367 Å². The van der Waals surface area contributed by atoms with Crippen molar-refractivity contribution in [3.05, 3.63) is 109 Å². The van der Waals surface area contributed by atoms with Gasteiger partial charge in [0.1, 0.15) is 6.61 Å². The number of carbonyl (C=O) groups excluding carboxylic acids is 2. The molecule has 0 aliphatic heterocycles. The first-order chi connectivity index (χ1) is 44.3. The molecular weight excluding hydrogens is 1130 g/mol. The van der Waals surface area contributed by atoms with Crippen molar-refractivity contribution in [1.82, 2.24) is 0 Å². The zero-order valence-corrected chi connectivity index (χ0v) is 59.5. The lowest BCUT2D eigenvalue weighted by atomic mass is 10.0. The van der Waals surface area contributed by atoms with Crippen LogP contribution in [0, 0.1) is 0 Å². The summed E-state index contributed by atoms with van der Waals surface area (Å²) in [5.41, 5.74) is 5.41. The molecule has 520 valence electrons. The third-order valence-electron chi connectivity index (χ3n) is 16.4. The number of carbonyl (C=O) groups is 2. The number of nitrogens with two attached hydrogens (primary N) is 1. The first kappa shape index (κ1) is 86.7. The van der Waals surface area contributed by atoms with Crippen LogP contribution >= 0.6 is 7.82 Å². The van der Waals surface area contributed by atoms with Gasteiger partial charge >= 0.3 is 19.8 Å². The van der Waals surface area contributed by atoms with E-state index < -0.39 is 26.5 Å². The van der Waals surface area contributed by atoms with Gasteiger partial charge in [0.2, 0.25) is 0 Å². The second-order valence-electron chi connectivity index (χ2n) is 25.1. The summed E-state index contributed by atoms with van der Waals surface area (Å²) in [5.74, 6) is -0.832. The molecule has 0 spiro atoms. The average Bonchev–Trinajstić information content (AvgIpc) is 3.75. The van der Waals surface area contributed by atoms with Crippen molar-refractivity contribution in [1.29, 1.82) is 0 Å². The Morgan fingerprint density at radius 3 is 0.911 bits per heavy atom. The second kappa shape index (κ2) is 74.7. The van der Waals surface area contributed by atoms with Gasteiger partial charge in [-0.2, -0.15) is 0 Å². The molecule has 0 saturated carbocycles. The van der Waals surface area contributed by atoms with Crippen LogP contribution in [0.25, 0.3) is 0 Å². The van der Waals surface area contributed by atoms with E-state index >= 15 is 0 Å². The zero-order chi connectivity index (χ0) is 65.1. The summed E-state index contributed by atoms with van der Waals surface area (Å²) in [6.07, 6.45) is 104. The van der Waals surface area contributed by atoms with Crippen LogP contribution in [0.5, 0.6) is 0 Å². The van der Waals surface area contributed by atoms with Crippen LogP contribution in [0.15, 0.2) is 109 Å². The van der Waals surface area contributed by atoms with Crippen LogP contribution in [0.4, 0.5) is 0 Å². The number of rotatable bonds is 71. The number of unbranched alkanes of at least 4 members (excludes halogenated alkanes) is 40. The lowest BCUT2D eigenvalue weighted by Crippen LogP contribution is -2.29. The Bertz CT molecular complexity index is 1850. The first-order valence-corrected chi connectivity index (χ1v) is 39.4. The minimum absolute atomic E-state index is 0.0479. The highest BCUT2D eigenvalue weighted by atomic mass is 31.2. The quantitative estimate of drug-likeness (QED) is 0.0264. The highest BCUT2D eigenvalue weighted by Crippen LogP contribution is 2.43.